The molecule has 3 aliphatic rings. The molecule has 1 spiro atoms. The maximum atomic E-state index is 12.7. The Bertz CT molecular complexity index is 763. The molecule has 4 nitrogen and oxygen atoms in total. The van der Waals surface area contributed by atoms with E-state index < -0.39 is 5.97 Å². The van der Waals surface area contributed by atoms with Gasteiger partial charge in [0.05, 0.1) is 0 Å². The van der Waals surface area contributed by atoms with Crippen molar-refractivity contribution in [3.05, 3.63) is 36.0 Å². The normalized spacial score (nSPS) is 39.0. The molecule has 3 rings (SSSR count). The molecule has 3 saturated carbocycles. The van der Waals surface area contributed by atoms with E-state index in [1.807, 2.05) is 6.92 Å². The van der Waals surface area contributed by atoms with Gasteiger partial charge in [-0.1, -0.05) is 37.3 Å². The summed E-state index contributed by atoms with van der Waals surface area (Å²) in [7, 11) is 0. The van der Waals surface area contributed by atoms with Gasteiger partial charge in [-0.3, -0.25) is 4.79 Å². The summed E-state index contributed by atoms with van der Waals surface area (Å²) in [5, 5.41) is 9.40. The van der Waals surface area contributed by atoms with E-state index >= 15 is 0 Å². The number of carboxylic acids is 1. The molecular formula is C25H36O4. The van der Waals surface area contributed by atoms with Gasteiger partial charge in [-0.15, -0.1) is 0 Å². The summed E-state index contributed by atoms with van der Waals surface area (Å²) < 4.78 is 6.17. The van der Waals surface area contributed by atoms with E-state index in [0.717, 1.165) is 37.7 Å². The molecule has 160 valence electrons. The molecule has 0 saturated heterocycles. The molecule has 4 heteroatoms. The zero-order chi connectivity index (χ0) is 21.6. The van der Waals surface area contributed by atoms with Crippen LogP contribution in [0.3, 0.4) is 0 Å². The highest BCUT2D eigenvalue weighted by atomic mass is 16.5. The SMILES string of the molecule is C=C(C)[C@H]1CC[C@]23CC(=C)[C@H](CC[C@H]2[C@]1(C)CCC(=O)O)[C@H]3OC(=O)C(C)=CC. The van der Waals surface area contributed by atoms with Crippen LogP contribution in [0.15, 0.2) is 36.0 Å². The summed E-state index contributed by atoms with van der Waals surface area (Å²) in [6.45, 7) is 16.6. The van der Waals surface area contributed by atoms with Crippen molar-refractivity contribution in [2.24, 2.45) is 28.6 Å². The Labute approximate surface area is 175 Å². The number of rotatable bonds is 6. The minimum atomic E-state index is -0.748. The third kappa shape index (κ3) is 3.49. The van der Waals surface area contributed by atoms with Crippen molar-refractivity contribution < 1.29 is 19.4 Å². The highest BCUT2D eigenvalue weighted by Gasteiger charge is 2.66. The Hall–Kier alpha value is -1.84. The van der Waals surface area contributed by atoms with Crippen LogP contribution in [0.25, 0.3) is 0 Å². The van der Waals surface area contributed by atoms with Crippen LogP contribution in [-0.4, -0.2) is 23.1 Å². The second-order valence-electron chi connectivity index (χ2n) is 9.94. The lowest BCUT2D eigenvalue weighted by molar-refractivity contribution is -0.179. The second kappa shape index (κ2) is 7.77. The largest absolute Gasteiger partial charge is 0.481 e. The Morgan fingerprint density at radius 1 is 1.28 bits per heavy atom. The van der Waals surface area contributed by atoms with Crippen LogP contribution in [0.5, 0.6) is 0 Å². The minimum absolute atomic E-state index is 0.122. The van der Waals surface area contributed by atoms with Gasteiger partial charge in [-0.2, -0.15) is 0 Å². The molecule has 0 aromatic carbocycles. The van der Waals surface area contributed by atoms with Crippen molar-refractivity contribution in [3.63, 3.8) is 0 Å². The average Bonchev–Trinajstić information content (AvgIpc) is 2.80. The van der Waals surface area contributed by atoms with Crippen LogP contribution in [-0.2, 0) is 14.3 Å². The standard InChI is InChI=1S/C25H36O4/c1-7-16(4)23(28)29-22-18-8-9-20-24(6,12-11-21(26)27)19(15(2)3)10-13-25(20,22)14-17(18)5/h7,18-20,22H,2,5,8-14H2,1,3-4,6H3,(H,26,27)/t18-,19+,20-,22+,24+,25-/m0/s1. The molecule has 3 fully saturated rings. The van der Waals surface area contributed by atoms with Crippen molar-refractivity contribution in [2.75, 3.05) is 0 Å². The zero-order valence-electron chi connectivity index (χ0n) is 18.4. The molecule has 0 aromatic heterocycles. The van der Waals surface area contributed by atoms with Gasteiger partial charge >= 0.3 is 11.9 Å². The van der Waals surface area contributed by atoms with Gasteiger partial charge < -0.3 is 9.84 Å². The van der Waals surface area contributed by atoms with Gasteiger partial charge in [0.2, 0.25) is 0 Å². The van der Waals surface area contributed by atoms with Crippen LogP contribution < -0.4 is 0 Å². The first kappa shape index (κ1) is 21.9. The molecule has 0 amide bonds. The average molecular weight is 401 g/mol. The number of carboxylic acid groups (broad SMARTS) is 1. The Morgan fingerprint density at radius 2 is 1.97 bits per heavy atom. The van der Waals surface area contributed by atoms with Crippen molar-refractivity contribution in [1.29, 1.82) is 0 Å². The molecule has 2 bridgehead atoms. The van der Waals surface area contributed by atoms with Crippen LogP contribution in [0, 0.1) is 28.6 Å². The fourth-order valence-electron chi connectivity index (χ4n) is 7.02. The number of aliphatic carboxylic acids is 1. The number of esters is 1. The molecule has 3 aliphatic carbocycles. The summed E-state index contributed by atoms with van der Waals surface area (Å²) in [5.74, 6) is -0.139. The van der Waals surface area contributed by atoms with Gasteiger partial charge in [-0.25, -0.2) is 4.79 Å². The van der Waals surface area contributed by atoms with Gasteiger partial charge in [0.15, 0.2) is 0 Å². The summed E-state index contributed by atoms with van der Waals surface area (Å²) in [5.41, 5.74) is 2.71. The number of hydrogen-bond acceptors (Lipinski definition) is 3. The van der Waals surface area contributed by atoms with Crippen LogP contribution in [0.2, 0.25) is 0 Å². The lowest BCUT2D eigenvalue weighted by atomic mass is 9.45. The van der Waals surface area contributed by atoms with E-state index in [0.29, 0.717) is 23.8 Å². The number of carbonyl (C=O) groups is 2. The smallest absolute Gasteiger partial charge is 0.333 e. The molecule has 0 aromatic rings. The van der Waals surface area contributed by atoms with Gasteiger partial charge in [0.25, 0.3) is 0 Å². The fourth-order valence-corrected chi connectivity index (χ4v) is 7.02. The third-order valence-electron chi connectivity index (χ3n) is 8.42. The van der Waals surface area contributed by atoms with Crippen molar-refractivity contribution in [1.82, 2.24) is 0 Å². The van der Waals surface area contributed by atoms with Crippen LogP contribution in [0.4, 0.5) is 0 Å². The summed E-state index contributed by atoms with van der Waals surface area (Å²) in [6.07, 6.45) is 7.30. The summed E-state index contributed by atoms with van der Waals surface area (Å²) in [6, 6.07) is 0. The topological polar surface area (TPSA) is 63.6 Å². The van der Waals surface area contributed by atoms with Gasteiger partial charge in [0, 0.05) is 23.3 Å². The fraction of sp³-hybridized carbons (Fsp3) is 0.680. The van der Waals surface area contributed by atoms with Crippen LogP contribution >= 0.6 is 0 Å². The molecule has 0 unspecified atom stereocenters. The molecule has 0 heterocycles. The third-order valence-corrected chi connectivity index (χ3v) is 8.42. The highest BCUT2D eigenvalue weighted by molar-refractivity contribution is 5.87. The van der Waals surface area contributed by atoms with Gasteiger partial charge in [0.1, 0.15) is 6.10 Å². The lowest BCUT2D eigenvalue weighted by Gasteiger charge is -2.60. The first-order chi connectivity index (χ1) is 13.6. The van der Waals surface area contributed by atoms with E-state index in [-0.39, 0.29) is 35.2 Å². The van der Waals surface area contributed by atoms with E-state index in [1.165, 1.54) is 5.57 Å². The molecule has 6 atom stereocenters. The first-order valence-corrected chi connectivity index (χ1v) is 11.0. The van der Waals surface area contributed by atoms with Crippen molar-refractivity contribution in [2.45, 2.75) is 78.7 Å². The Balaban J connectivity index is 2.01. The molecule has 29 heavy (non-hydrogen) atoms. The molecule has 0 radical (unpaired) electrons. The summed E-state index contributed by atoms with van der Waals surface area (Å²) >= 11 is 0. The maximum absolute atomic E-state index is 12.7. The Morgan fingerprint density at radius 3 is 2.55 bits per heavy atom. The molecule has 1 N–H and O–H groups in total. The number of ether oxygens (including phenoxy) is 1. The maximum Gasteiger partial charge on any atom is 0.333 e. The van der Waals surface area contributed by atoms with E-state index in [2.05, 4.69) is 27.0 Å². The number of fused-ring (bicyclic) bond motifs is 1. The van der Waals surface area contributed by atoms with E-state index in [9.17, 15) is 14.7 Å². The van der Waals surface area contributed by atoms with E-state index in [1.54, 1.807) is 13.0 Å². The number of hydrogen-bond donors (Lipinski definition) is 1. The number of allylic oxidation sites excluding steroid dienone is 2. The van der Waals surface area contributed by atoms with Crippen molar-refractivity contribution in [3.8, 4) is 0 Å². The van der Waals surface area contributed by atoms with Gasteiger partial charge in [-0.05, 0) is 76.5 Å². The monoisotopic (exact) mass is 400 g/mol. The van der Waals surface area contributed by atoms with Crippen LogP contribution in [0.1, 0.15) is 72.6 Å². The minimum Gasteiger partial charge on any atom is -0.481 e. The first-order valence-electron chi connectivity index (χ1n) is 11.0. The predicted octanol–water partition coefficient (Wildman–Crippen LogP) is 5.69. The molecular weight excluding hydrogens is 364 g/mol. The lowest BCUT2D eigenvalue weighted by Crippen LogP contribution is -2.57. The van der Waals surface area contributed by atoms with Crippen molar-refractivity contribution >= 4 is 11.9 Å². The van der Waals surface area contributed by atoms with E-state index in [4.69, 9.17) is 4.74 Å². The molecule has 0 aliphatic heterocycles. The predicted molar refractivity (Wildman–Crippen MR) is 114 cm³/mol. The quantitative estimate of drug-likeness (QED) is 0.353. The summed E-state index contributed by atoms with van der Waals surface area (Å²) in [4.78, 5) is 24.1. The number of carbonyl (C=O) groups excluding carboxylic acids is 1. The Kier molecular flexibility index (Phi) is 5.86. The highest BCUT2D eigenvalue weighted by Crippen LogP contribution is 2.69. The second-order valence-corrected chi connectivity index (χ2v) is 9.94. The zero-order valence-corrected chi connectivity index (χ0v) is 18.4.